The molecule has 1 saturated carbocycles. The van der Waals surface area contributed by atoms with E-state index in [1.165, 1.54) is 6.20 Å². The Morgan fingerprint density at radius 1 is 1.29 bits per heavy atom. The number of hydrogen-bond acceptors (Lipinski definition) is 3. The maximum atomic E-state index is 12.4. The molecular weight excluding hydrogens is 325 g/mol. The third kappa shape index (κ3) is 4.48. The average Bonchev–Trinajstić information content (AvgIpc) is 3.22. The van der Waals surface area contributed by atoms with Crippen LogP contribution in [0.3, 0.4) is 0 Å². The van der Waals surface area contributed by atoms with Crippen LogP contribution in [-0.2, 0) is 9.59 Å². The first kappa shape index (κ1) is 18.3. The lowest BCUT2D eigenvalue weighted by Crippen LogP contribution is -2.51. The van der Waals surface area contributed by atoms with E-state index in [0.29, 0.717) is 11.6 Å². The Morgan fingerprint density at radius 3 is 2.42 bits per heavy atom. The third-order valence-corrected chi connectivity index (χ3v) is 4.08. The number of halogens is 3. The number of anilines is 1. The van der Waals surface area contributed by atoms with Gasteiger partial charge in [0.05, 0.1) is 17.9 Å². The summed E-state index contributed by atoms with van der Waals surface area (Å²) in [7, 11) is 0. The van der Waals surface area contributed by atoms with Gasteiger partial charge in [-0.3, -0.25) is 14.3 Å². The van der Waals surface area contributed by atoms with Crippen LogP contribution in [0.4, 0.5) is 18.9 Å². The van der Waals surface area contributed by atoms with Crippen molar-refractivity contribution < 1.29 is 22.8 Å². The number of carbonyl (C=O) groups is 2. The standard InChI is InChI=1S/C15H21F3N4O2/c1-8(2)12(21-14(24)15(16,17)18)13(23)20-11-6-19-22(7-11)9(3)10-4-5-10/h6-10,12H,4-5H2,1-3H3,(H,20,23)(H,21,24)/t9-,12-/m0/s1. The maximum Gasteiger partial charge on any atom is 0.471 e. The van der Waals surface area contributed by atoms with E-state index < -0.39 is 30.0 Å². The second-order valence-corrected chi connectivity index (χ2v) is 6.47. The van der Waals surface area contributed by atoms with E-state index in [9.17, 15) is 22.8 Å². The number of aromatic nitrogens is 2. The number of amides is 2. The summed E-state index contributed by atoms with van der Waals surface area (Å²) in [5.74, 6) is -2.77. The van der Waals surface area contributed by atoms with E-state index in [-0.39, 0.29) is 6.04 Å². The van der Waals surface area contributed by atoms with Gasteiger partial charge in [-0.05, 0) is 31.6 Å². The fraction of sp³-hybridized carbons (Fsp3) is 0.667. The smallest absolute Gasteiger partial charge is 0.336 e. The summed E-state index contributed by atoms with van der Waals surface area (Å²) < 4.78 is 38.9. The zero-order valence-corrected chi connectivity index (χ0v) is 13.7. The molecule has 1 heterocycles. The molecule has 2 amide bonds. The van der Waals surface area contributed by atoms with Gasteiger partial charge >= 0.3 is 12.1 Å². The van der Waals surface area contributed by atoms with Gasteiger partial charge in [0.1, 0.15) is 6.04 Å². The SMILES string of the molecule is CC(C)[C@H](NC(=O)C(F)(F)F)C(=O)Nc1cnn([C@@H](C)C2CC2)c1. The molecule has 9 heteroatoms. The largest absolute Gasteiger partial charge is 0.471 e. The molecule has 1 aromatic rings. The van der Waals surface area contributed by atoms with Crippen molar-refractivity contribution in [2.45, 2.75) is 51.9 Å². The summed E-state index contributed by atoms with van der Waals surface area (Å²) in [6.45, 7) is 5.13. The molecule has 0 aliphatic heterocycles. The first-order valence-corrected chi connectivity index (χ1v) is 7.82. The van der Waals surface area contributed by atoms with Crippen LogP contribution in [0.1, 0.15) is 39.7 Å². The number of nitrogens with zero attached hydrogens (tertiary/aromatic N) is 2. The quantitative estimate of drug-likeness (QED) is 0.831. The van der Waals surface area contributed by atoms with Crippen molar-refractivity contribution in [2.75, 3.05) is 5.32 Å². The van der Waals surface area contributed by atoms with E-state index in [0.717, 1.165) is 12.8 Å². The highest BCUT2D eigenvalue weighted by atomic mass is 19.4. The predicted octanol–water partition coefficient (Wildman–Crippen LogP) is 2.50. The Kier molecular flexibility index (Phi) is 5.19. The van der Waals surface area contributed by atoms with Gasteiger partial charge in [0.2, 0.25) is 5.91 Å². The zero-order valence-electron chi connectivity index (χ0n) is 13.7. The minimum Gasteiger partial charge on any atom is -0.336 e. The Morgan fingerprint density at radius 2 is 1.92 bits per heavy atom. The third-order valence-electron chi connectivity index (χ3n) is 4.08. The fourth-order valence-electron chi connectivity index (χ4n) is 2.40. The van der Waals surface area contributed by atoms with Crippen molar-refractivity contribution in [2.24, 2.45) is 11.8 Å². The van der Waals surface area contributed by atoms with Crippen LogP contribution in [-0.4, -0.2) is 33.8 Å². The molecule has 0 spiro atoms. The molecule has 1 aliphatic carbocycles. The van der Waals surface area contributed by atoms with Crippen molar-refractivity contribution in [3.05, 3.63) is 12.4 Å². The molecule has 6 nitrogen and oxygen atoms in total. The lowest BCUT2D eigenvalue weighted by Gasteiger charge is -2.21. The van der Waals surface area contributed by atoms with Crippen LogP contribution in [0.15, 0.2) is 12.4 Å². The molecule has 2 N–H and O–H groups in total. The molecule has 0 bridgehead atoms. The molecule has 1 aliphatic rings. The molecular formula is C15H21F3N4O2. The number of hydrogen-bond donors (Lipinski definition) is 2. The monoisotopic (exact) mass is 346 g/mol. The summed E-state index contributed by atoms with van der Waals surface area (Å²) in [5.41, 5.74) is 0.388. The molecule has 134 valence electrons. The minimum absolute atomic E-state index is 0.210. The Bertz CT molecular complexity index is 608. The van der Waals surface area contributed by atoms with Gasteiger partial charge in [-0.2, -0.15) is 18.3 Å². The van der Waals surface area contributed by atoms with Gasteiger partial charge < -0.3 is 10.6 Å². The van der Waals surface area contributed by atoms with Crippen molar-refractivity contribution in [3.63, 3.8) is 0 Å². The molecule has 2 rings (SSSR count). The average molecular weight is 346 g/mol. The van der Waals surface area contributed by atoms with Gasteiger partial charge in [-0.1, -0.05) is 13.8 Å². The predicted molar refractivity (Wildman–Crippen MR) is 81.1 cm³/mol. The summed E-state index contributed by atoms with van der Waals surface area (Å²) in [6.07, 6.45) is 0.338. The normalized spacial score (nSPS) is 17.5. The van der Waals surface area contributed by atoms with E-state index >= 15 is 0 Å². The first-order chi connectivity index (χ1) is 11.1. The lowest BCUT2D eigenvalue weighted by molar-refractivity contribution is -0.175. The Labute approximate surface area is 137 Å². The summed E-state index contributed by atoms with van der Waals surface area (Å²) >= 11 is 0. The van der Waals surface area contributed by atoms with Gasteiger partial charge in [0.25, 0.3) is 0 Å². The van der Waals surface area contributed by atoms with E-state index in [1.807, 2.05) is 6.92 Å². The Balaban J connectivity index is 2.01. The Hall–Kier alpha value is -2.06. The topological polar surface area (TPSA) is 76.0 Å². The van der Waals surface area contributed by atoms with E-state index in [4.69, 9.17) is 0 Å². The maximum absolute atomic E-state index is 12.4. The molecule has 24 heavy (non-hydrogen) atoms. The van der Waals surface area contributed by atoms with Crippen molar-refractivity contribution in [1.29, 1.82) is 0 Å². The van der Waals surface area contributed by atoms with E-state index in [2.05, 4.69) is 10.4 Å². The van der Waals surface area contributed by atoms with Crippen LogP contribution in [0.2, 0.25) is 0 Å². The van der Waals surface area contributed by atoms with E-state index in [1.54, 1.807) is 30.0 Å². The van der Waals surface area contributed by atoms with Crippen molar-refractivity contribution in [1.82, 2.24) is 15.1 Å². The molecule has 0 radical (unpaired) electrons. The van der Waals surface area contributed by atoms with Gasteiger partial charge in [-0.15, -0.1) is 0 Å². The minimum atomic E-state index is -5.03. The molecule has 0 unspecified atom stereocenters. The van der Waals surface area contributed by atoms with Gasteiger partial charge in [-0.25, -0.2) is 0 Å². The van der Waals surface area contributed by atoms with Crippen molar-refractivity contribution in [3.8, 4) is 0 Å². The second-order valence-electron chi connectivity index (χ2n) is 6.47. The zero-order chi connectivity index (χ0) is 18.1. The fourth-order valence-corrected chi connectivity index (χ4v) is 2.40. The molecule has 1 fully saturated rings. The molecule has 2 atom stereocenters. The molecule has 0 saturated heterocycles. The van der Waals surface area contributed by atoms with Crippen LogP contribution < -0.4 is 10.6 Å². The van der Waals surface area contributed by atoms with Gasteiger partial charge in [0.15, 0.2) is 0 Å². The second kappa shape index (κ2) is 6.82. The molecule has 0 aromatic carbocycles. The van der Waals surface area contributed by atoms with Crippen LogP contribution >= 0.6 is 0 Å². The number of carbonyl (C=O) groups excluding carboxylic acids is 2. The highest BCUT2D eigenvalue weighted by Crippen LogP contribution is 2.39. The van der Waals surface area contributed by atoms with Crippen molar-refractivity contribution >= 4 is 17.5 Å². The number of alkyl halides is 3. The highest BCUT2D eigenvalue weighted by molar-refractivity contribution is 5.97. The summed E-state index contributed by atoms with van der Waals surface area (Å²) in [4.78, 5) is 23.3. The number of rotatable bonds is 6. The van der Waals surface area contributed by atoms with Crippen LogP contribution in [0.5, 0.6) is 0 Å². The van der Waals surface area contributed by atoms with Crippen LogP contribution in [0, 0.1) is 11.8 Å². The lowest BCUT2D eigenvalue weighted by atomic mass is 10.0. The number of nitrogens with one attached hydrogen (secondary N) is 2. The first-order valence-electron chi connectivity index (χ1n) is 7.82. The van der Waals surface area contributed by atoms with Crippen LogP contribution in [0.25, 0.3) is 0 Å². The molecule has 1 aromatic heterocycles. The highest BCUT2D eigenvalue weighted by Gasteiger charge is 2.41. The summed E-state index contributed by atoms with van der Waals surface area (Å²) in [6, 6.07) is -1.08. The van der Waals surface area contributed by atoms with Gasteiger partial charge in [0, 0.05) is 6.20 Å². The summed E-state index contributed by atoms with van der Waals surface area (Å²) in [5, 5.41) is 8.41.